The van der Waals surface area contributed by atoms with E-state index in [9.17, 15) is 35.9 Å². The largest absolute Gasteiger partial charge is 0.490 e. The van der Waals surface area contributed by atoms with Crippen LogP contribution in [-0.4, -0.2) is 70.6 Å². The number of carboxylic acids is 2. The van der Waals surface area contributed by atoms with Crippen molar-refractivity contribution in [2.24, 2.45) is 11.5 Å². The van der Waals surface area contributed by atoms with Crippen LogP contribution in [0.4, 0.5) is 37.7 Å². The van der Waals surface area contributed by atoms with Crippen LogP contribution in [0.2, 0.25) is 0 Å². The number of pyridine rings is 1. The molecule has 0 saturated heterocycles. The molecule has 2 amide bonds. The number of amides is 2. The normalized spacial score (nSPS) is 11.6. The number of nitrogens with zero attached hydrogens (tertiary/aromatic N) is 1. The molecule has 1 heterocycles. The molecule has 3 aromatic rings. The number of hydrogen-bond donors (Lipinski definition) is 6. The first-order valence-electron chi connectivity index (χ1n) is 15.3. The number of carboxylic acid groups (broad SMARTS) is 2. The molecule has 1 aromatic heterocycles. The van der Waals surface area contributed by atoms with Crippen molar-refractivity contribution in [3.63, 3.8) is 0 Å². The summed E-state index contributed by atoms with van der Waals surface area (Å²) in [5.41, 5.74) is 15.9. The van der Waals surface area contributed by atoms with Crippen molar-refractivity contribution in [3.05, 3.63) is 53.2 Å². The molecular weight excluding hydrogens is 696 g/mol. The zero-order chi connectivity index (χ0) is 39.1. The van der Waals surface area contributed by atoms with Crippen LogP contribution in [-0.2, 0) is 27.3 Å². The number of nitrogens with two attached hydrogens (primary N) is 2. The van der Waals surface area contributed by atoms with Gasteiger partial charge in [-0.3, -0.25) is 14.6 Å². The Morgan fingerprint density at radius 3 is 1.88 bits per heavy atom. The molecule has 13 nitrogen and oxygen atoms in total. The summed E-state index contributed by atoms with van der Waals surface area (Å²) in [6.07, 6.45) is -6.53. The number of aromatic nitrogens is 1. The number of nitrogens with one attached hydrogen (secondary N) is 2. The Kier molecular flexibility index (Phi) is 16.9. The van der Waals surface area contributed by atoms with E-state index >= 15 is 0 Å². The van der Waals surface area contributed by atoms with Crippen molar-refractivity contribution < 1.29 is 65.2 Å². The molecule has 282 valence electrons. The second-order valence-electron chi connectivity index (χ2n) is 10.2. The van der Waals surface area contributed by atoms with Crippen molar-refractivity contribution in [2.75, 3.05) is 18.5 Å². The molecule has 51 heavy (non-hydrogen) atoms. The van der Waals surface area contributed by atoms with E-state index < -0.39 is 36.2 Å². The fraction of sp³-hybridized carbons (Fsp3) is 0.406. The molecule has 0 bridgehead atoms. The van der Waals surface area contributed by atoms with Gasteiger partial charge in [0.2, 0.25) is 5.91 Å². The number of rotatable bonds is 13. The molecule has 0 unspecified atom stereocenters. The molecule has 0 fully saturated rings. The molecular formula is C32H39F6N5O8. The molecule has 3 rings (SSSR count). The Balaban J connectivity index is 0.000000780. The second-order valence-corrected chi connectivity index (χ2v) is 10.2. The summed E-state index contributed by atoms with van der Waals surface area (Å²) in [4.78, 5) is 47.0. The van der Waals surface area contributed by atoms with Gasteiger partial charge in [0, 0.05) is 29.9 Å². The van der Waals surface area contributed by atoms with Crippen LogP contribution in [0, 0.1) is 0 Å². The summed E-state index contributed by atoms with van der Waals surface area (Å²) in [6, 6.07) is 8.89. The Bertz CT molecular complexity index is 1640. The lowest BCUT2D eigenvalue weighted by molar-refractivity contribution is -0.193. The number of carbonyl (C=O) groups excluding carboxylic acids is 2. The maximum Gasteiger partial charge on any atom is 0.490 e. The second kappa shape index (κ2) is 19.8. The van der Waals surface area contributed by atoms with Gasteiger partial charge >= 0.3 is 24.3 Å². The summed E-state index contributed by atoms with van der Waals surface area (Å²) in [5, 5.41) is 21.3. The highest BCUT2D eigenvalue weighted by molar-refractivity contribution is 6.08. The van der Waals surface area contributed by atoms with E-state index in [0.29, 0.717) is 60.7 Å². The lowest BCUT2D eigenvalue weighted by Crippen LogP contribution is -2.40. The third-order valence-electron chi connectivity index (χ3n) is 6.56. The van der Waals surface area contributed by atoms with Crippen molar-refractivity contribution in [2.45, 2.75) is 71.9 Å². The Labute approximate surface area is 288 Å². The molecule has 0 saturated carbocycles. The number of anilines is 2. The molecule has 0 spiro atoms. The van der Waals surface area contributed by atoms with Crippen LogP contribution in [0.15, 0.2) is 36.5 Å². The standard InChI is InChI=1S/C28H37N5O4.2C2HF3O2/c1-5-10-21(29)28(35)32-15-17-11-9-12-22(18(17)6-2)33-26-19-13-24(36-7-3)25(37-8-4)14-23(19)31-16-20(26)27(30)34;2*3-2(4,5)1(6)7/h9,11-14,16,21H,5-8,10,15,29H2,1-4H3,(H2,30,34)(H,31,33)(H,32,35);2*(H,6,7)/t21-;;/m0../s1. The number of primary amides is 1. The van der Waals surface area contributed by atoms with Crippen LogP contribution in [0.25, 0.3) is 10.9 Å². The first-order valence-corrected chi connectivity index (χ1v) is 15.3. The predicted molar refractivity (Wildman–Crippen MR) is 174 cm³/mol. The Morgan fingerprint density at radius 1 is 0.902 bits per heavy atom. The maximum absolute atomic E-state index is 12.4. The topological polar surface area (TPSA) is 216 Å². The molecule has 1 atom stereocenters. The number of carbonyl (C=O) groups is 4. The lowest BCUT2D eigenvalue weighted by Gasteiger charge is -2.20. The van der Waals surface area contributed by atoms with Crippen LogP contribution in [0.1, 0.15) is 62.0 Å². The van der Waals surface area contributed by atoms with Crippen molar-refractivity contribution in [3.8, 4) is 11.5 Å². The summed E-state index contributed by atoms with van der Waals surface area (Å²) in [5.74, 6) is -5.16. The zero-order valence-corrected chi connectivity index (χ0v) is 28.0. The van der Waals surface area contributed by atoms with Gasteiger partial charge in [-0.15, -0.1) is 0 Å². The van der Waals surface area contributed by atoms with Crippen molar-refractivity contribution >= 4 is 46.0 Å². The van der Waals surface area contributed by atoms with Gasteiger partial charge in [0.25, 0.3) is 5.91 Å². The molecule has 0 radical (unpaired) electrons. The minimum Gasteiger partial charge on any atom is -0.490 e. The van der Waals surface area contributed by atoms with Gasteiger partial charge < -0.3 is 41.8 Å². The van der Waals surface area contributed by atoms with E-state index in [2.05, 4.69) is 15.6 Å². The average molecular weight is 736 g/mol. The Hall–Kier alpha value is -5.33. The van der Waals surface area contributed by atoms with E-state index in [1.807, 2.05) is 52.0 Å². The summed E-state index contributed by atoms with van der Waals surface area (Å²) >= 11 is 0. The van der Waals surface area contributed by atoms with E-state index in [4.69, 9.17) is 40.7 Å². The fourth-order valence-corrected chi connectivity index (χ4v) is 4.28. The average Bonchev–Trinajstić information content (AvgIpc) is 3.04. The molecule has 2 aromatic carbocycles. The number of ether oxygens (including phenoxy) is 2. The van der Waals surface area contributed by atoms with E-state index in [-0.39, 0.29) is 11.5 Å². The summed E-state index contributed by atoms with van der Waals surface area (Å²) in [7, 11) is 0. The SMILES string of the molecule is CCC[C@H](N)C(=O)NCc1cccc(Nc2c(C(N)=O)cnc3cc(OCC)c(OCC)cc23)c1CC.O=C(O)C(F)(F)F.O=C(O)C(F)(F)F. The van der Waals surface area contributed by atoms with Crippen LogP contribution in [0.3, 0.4) is 0 Å². The van der Waals surface area contributed by atoms with Crippen LogP contribution >= 0.6 is 0 Å². The third-order valence-corrected chi connectivity index (χ3v) is 6.56. The van der Waals surface area contributed by atoms with Crippen LogP contribution < -0.4 is 31.6 Å². The lowest BCUT2D eigenvalue weighted by atomic mass is 10.0. The quantitative estimate of drug-likeness (QED) is 0.121. The number of aliphatic carboxylic acids is 2. The van der Waals surface area contributed by atoms with Gasteiger partial charge in [0.05, 0.1) is 36.0 Å². The van der Waals surface area contributed by atoms with Gasteiger partial charge in [0.1, 0.15) is 0 Å². The van der Waals surface area contributed by atoms with E-state index in [1.54, 1.807) is 6.07 Å². The molecule has 0 aliphatic carbocycles. The fourth-order valence-electron chi connectivity index (χ4n) is 4.28. The van der Waals surface area contributed by atoms with Gasteiger partial charge in [-0.2, -0.15) is 26.3 Å². The smallest absolute Gasteiger partial charge is 0.490 e. The highest BCUT2D eigenvalue weighted by Gasteiger charge is 2.38. The highest BCUT2D eigenvalue weighted by atomic mass is 19.4. The van der Waals surface area contributed by atoms with E-state index in [0.717, 1.165) is 23.2 Å². The number of alkyl halides is 6. The minimum atomic E-state index is -5.08. The molecule has 0 aliphatic heterocycles. The number of halogens is 6. The Morgan fingerprint density at radius 2 is 1.43 bits per heavy atom. The number of benzene rings is 2. The maximum atomic E-state index is 12.4. The first kappa shape index (κ1) is 43.7. The monoisotopic (exact) mass is 735 g/mol. The molecule has 8 N–H and O–H groups in total. The van der Waals surface area contributed by atoms with Crippen molar-refractivity contribution in [1.82, 2.24) is 10.3 Å². The van der Waals surface area contributed by atoms with E-state index in [1.165, 1.54) is 6.20 Å². The summed E-state index contributed by atoms with van der Waals surface area (Å²) in [6.45, 7) is 9.10. The zero-order valence-electron chi connectivity index (χ0n) is 28.0. The third kappa shape index (κ3) is 13.5. The number of hydrogen-bond acceptors (Lipinski definition) is 9. The van der Waals surface area contributed by atoms with Gasteiger partial charge in [-0.25, -0.2) is 9.59 Å². The van der Waals surface area contributed by atoms with Crippen molar-refractivity contribution in [1.29, 1.82) is 0 Å². The van der Waals surface area contributed by atoms with Crippen LogP contribution in [0.5, 0.6) is 11.5 Å². The summed E-state index contributed by atoms with van der Waals surface area (Å²) < 4.78 is 75.0. The highest BCUT2D eigenvalue weighted by Crippen LogP contribution is 2.38. The number of fused-ring (bicyclic) bond motifs is 1. The predicted octanol–water partition coefficient (Wildman–Crippen LogP) is 5.45. The van der Waals surface area contributed by atoms with Gasteiger partial charge in [-0.05, 0) is 49.9 Å². The minimum absolute atomic E-state index is 0.174. The first-order chi connectivity index (χ1) is 23.7. The molecule has 19 heteroatoms. The molecule has 0 aliphatic rings. The van der Waals surface area contributed by atoms with Gasteiger partial charge in [-0.1, -0.05) is 32.4 Å². The van der Waals surface area contributed by atoms with Gasteiger partial charge in [0.15, 0.2) is 11.5 Å².